The first-order valence-electron chi connectivity index (χ1n) is 9.83. The Bertz CT molecular complexity index is 759. The van der Waals surface area contributed by atoms with Crippen molar-refractivity contribution >= 4 is 5.95 Å². The van der Waals surface area contributed by atoms with Crippen molar-refractivity contribution in [1.29, 1.82) is 0 Å². The van der Waals surface area contributed by atoms with Crippen molar-refractivity contribution < 1.29 is 9.47 Å². The number of anilines is 1. The van der Waals surface area contributed by atoms with Crippen molar-refractivity contribution in [1.82, 2.24) is 14.9 Å². The van der Waals surface area contributed by atoms with E-state index in [1.165, 1.54) is 13.0 Å². The Kier molecular flexibility index (Phi) is 5.55. The monoisotopic (exact) mass is 368 g/mol. The quantitative estimate of drug-likeness (QED) is 0.894. The van der Waals surface area contributed by atoms with E-state index in [9.17, 15) is 0 Å². The van der Waals surface area contributed by atoms with Gasteiger partial charge in [0.2, 0.25) is 5.95 Å². The fourth-order valence-corrected chi connectivity index (χ4v) is 4.33. The Hall–Kier alpha value is -2.18. The summed E-state index contributed by atoms with van der Waals surface area (Å²) in [6.07, 6.45) is 6.45. The van der Waals surface area contributed by atoms with Gasteiger partial charge in [-0.2, -0.15) is 0 Å². The van der Waals surface area contributed by atoms with Gasteiger partial charge in [0.25, 0.3) is 0 Å². The highest BCUT2D eigenvalue weighted by molar-refractivity contribution is 5.67. The number of likely N-dealkylation sites (tertiary alicyclic amines) is 1. The smallest absolute Gasteiger partial charge is 0.220 e. The molecular weight excluding hydrogens is 340 g/mol. The lowest BCUT2D eigenvalue weighted by Crippen LogP contribution is -2.44. The molecule has 0 amide bonds. The molecule has 4 rings (SSSR count). The zero-order valence-electron chi connectivity index (χ0n) is 15.9. The molecule has 3 heterocycles. The summed E-state index contributed by atoms with van der Waals surface area (Å²) in [5, 5.41) is 0. The summed E-state index contributed by atoms with van der Waals surface area (Å²) in [7, 11) is 1.68. The number of methoxy groups -OCH3 is 1. The van der Waals surface area contributed by atoms with Crippen molar-refractivity contribution in [3.05, 3.63) is 36.2 Å². The van der Waals surface area contributed by atoms with Gasteiger partial charge in [-0.1, -0.05) is 12.1 Å². The van der Waals surface area contributed by atoms with Gasteiger partial charge >= 0.3 is 0 Å². The summed E-state index contributed by atoms with van der Waals surface area (Å²) >= 11 is 0. The van der Waals surface area contributed by atoms with Gasteiger partial charge in [0.05, 0.1) is 12.8 Å². The van der Waals surface area contributed by atoms with Gasteiger partial charge in [0.1, 0.15) is 5.75 Å². The molecule has 0 saturated carbocycles. The number of ether oxygens (including phenoxy) is 2. The first kappa shape index (κ1) is 18.2. The molecule has 0 radical (unpaired) electrons. The van der Waals surface area contributed by atoms with Crippen LogP contribution in [0.2, 0.25) is 0 Å². The SMILES string of the molecule is COc1ccc(-c2cnc(N)nc2C2CCCN(C3CCOCC3)C2)cc1. The Labute approximate surface area is 160 Å². The van der Waals surface area contributed by atoms with E-state index in [1.54, 1.807) is 7.11 Å². The van der Waals surface area contributed by atoms with Crippen molar-refractivity contribution in [3.63, 3.8) is 0 Å². The largest absolute Gasteiger partial charge is 0.497 e. The molecule has 1 aromatic heterocycles. The van der Waals surface area contributed by atoms with E-state index in [0.29, 0.717) is 17.9 Å². The normalized spacial score (nSPS) is 21.9. The van der Waals surface area contributed by atoms with Gasteiger partial charge in [-0.3, -0.25) is 4.90 Å². The van der Waals surface area contributed by atoms with Crippen LogP contribution in [0.3, 0.4) is 0 Å². The second-order valence-electron chi connectivity index (χ2n) is 7.43. The number of benzene rings is 1. The molecule has 2 fully saturated rings. The van der Waals surface area contributed by atoms with Crippen molar-refractivity contribution in [2.45, 2.75) is 37.6 Å². The molecule has 0 spiro atoms. The van der Waals surface area contributed by atoms with Crippen LogP contribution in [-0.4, -0.2) is 54.3 Å². The van der Waals surface area contributed by atoms with Crippen molar-refractivity contribution in [2.75, 3.05) is 39.1 Å². The average Bonchev–Trinajstić information content (AvgIpc) is 2.74. The molecule has 6 nitrogen and oxygen atoms in total. The van der Waals surface area contributed by atoms with E-state index in [-0.39, 0.29) is 0 Å². The van der Waals surface area contributed by atoms with Crippen LogP contribution in [-0.2, 0) is 4.74 Å². The lowest BCUT2D eigenvalue weighted by Gasteiger charge is -2.40. The van der Waals surface area contributed by atoms with Crippen molar-refractivity contribution in [3.8, 4) is 16.9 Å². The standard InChI is InChI=1S/C21H28N4O2/c1-26-18-6-4-15(5-7-18)19-13-23-21(22)24-20(19)16-3-2-10-25(14-16)17-8-11-27-12-9-17/h4-7,13,16-17H,2-3,8-12,14H2,1H3,(H2,22,23,24). The van der Waals surface area contributed by atoms with Gasteiger partial charge in [0.15, 0.2) is 0 Å². The summed E-state index contributed by atoms with van der Waals surface area (Å²) in [5.41, 5.74) is 9.22. The zero-order valence-corrected chi connectivity index (χ0v) is 15.9. The summed E-state index contributed by atoms with van der Waals surface area (Å²) < 4.78 is 10.8. The minimum absolute atomic E-state index is 0.352. The van der Waals surface area contributed by atoms with E-state index in [4.69, 9.17) is 15.2 Å². The number of piperidine rings is 1. The predicted octanol–water partition coefficient (Wildman–Crippen LogP) is 3.09. The third kappa shape index (κ3) is 4.06. The van der Waals surface area contributed by atoms with Gasteiger partial charge in [-0.25, -0.2) is 9.97 Å². The predicted molar refractivity (Wildman–Crippen MR) is 106 cm³/mol. The van der Waals surface area contributed by atoms with Crippen LogP contribution in [0.1, 0.15) is 37.3 Å². The van der Waals surface area contributed by atoms with E-state index < -0.39 is 0 Å². The van der Waals surface area contributed by atoms with Gasteiger partial charge in [0, 0.05) is 43.5 Å². The molecule has 2 saturated heterocycles. The Balaban J connectivity index is 1.60. The number of aromatic nitrogens is 2. The zero-order chi connectivity index (χ0) is 18.6. The molecular formula is C21H28N4O2. The third-order valence-corrected chi connectivity index (χ3v) is 5.78. The second kappa shape index (κ2) is 8.23. The maximum absolute atomic E-state index is 5.96. The van der Waals surface area contributed by atoms with Gasteiger partial charge in [-0.15, -0.1) is 0 Å². The second-order valence-corrected chi connectivity index (χ2v) is 7.43. The molecule has 27 heavy (non-hydrogen) atoms. The molecule has 1 atom stereocenters. The number of nitrogens with zero attached hydrogens (tertiary/aromatic N) is 3. The van der Waals surface area contributed by atoms with Crippen LogP contribution >= 0.6 is 0 Å². The van der Waals surface area contributed by atoms with Crippen LogP contribution in [0.25, 0.3) is 11.1 Å². The van der Waals surface area contributed by atoms with Crippen LogP contribution in [0.4, 0.5) is 5.95 Å². The first-order valence-corrected chi connectivity index (χ1v) is 9.83. The lowest BCUT2D eigenvalue weighted by atomic mass is 9.88. The molecule has 144 valence electrons. The fourth-order valence-electron chi connectivity index (χ4n) is 4.33. The van der Waals surface area contributed by atoms with E-state index >= 15 is 0 Å². The van der Waals surface area contributed by atoms with E-state index in [1.807, 2.05) is 18.3 Å². The molecule has 1 unspecified atom stereocenters. The van der Waals surface area contributed by atoms with Crippen LogP contribution < -0.4 is 10.5 Å². The van der Waals surface area contributed by atoms with Crippen LogP contribution in [0, 0.1) is 0 Å². The van der Waals surface area contributed by atoms with E-state index in [2.05, 4.69) is 27.0 Å². The number of hydrogen-bond acceptors (Lipinski definition) is 6. The van der Waals surface area contributed by atoms with E-state index in [0.717, 1.165) is 61.6 Å². The fraction of sp³-hybridized carbons (Fsp3) is 0.524. The first-order chi connectivity index (χ1) is 13.2. The molecule has 2 aliphatic heterocycles. The summed E-state index contributed by atoms with van der Waals surface area (Å²) in [4.78, 5) is 11.6. The summed E-state index contributed by atoms with van der Waals surface area (Å²) in [6.45, 7) is 3.96. The highest BCUT2D eigenvalue weighted by atomic mass is 16.5. The molecule has 2 aromatic rings. The minimum Gasteiger partial charge on any atom is -0.497 e. The topological polar surface area (TPSA) is 73.5 Å². The Morgan fingerprint density at radius 1 is 1.15 bits per heavy atom. The number of nitrogens with two attached hydrogens (primary N) is 1. The highest BCUT2D eigenvalue weighted by Gasteiger charge is 2.30. The minimum atomic E-state index is 0.352. The molecule has 0 bridgehead atoms. The van der Waals surface area contributed by atoms with Crippen molar-refractivity contribution in [2.24, 2.45) is 0 Å². The Morgan fingerprint density at radius 2 is 1.93 bits per heavy atom. The molecule has 1 aromatic carbocycles. The van der Waals surface area contributed by atoms with Gasteiger partial charge < -0.3 is 15.2 Å². The van der Waals surface area contributed by atoms with Crippen LogP contribution in [0.15, 0.2) is 30.5 Å². The molecule has 0 aliphatic carbocycles. The third-order valence-electron chi connectivity index (χ3n) is 5.78. The lowest BCUT2D eigenvalue weighted by molar-refractivity contribution is 0.0238. The summed E-state index contributed by atoms with van der Waals surface area (Å²) in [6, 6.07) is 8.72. The molecule has 6 heteroatoms. The van der Waals surface area contributed by atoms with Gasteiger partial charge in [-0.05, 0) is 49.9 Å². The molecule has 2 aliphatic rings. The van der Waals surface area contributed by atoms with Crippen LogP contribution in [0.5, 0.6) is 5.75 Å². The molecule has 2 N–H and O–H groups in total. The highest BCUT2D eigenvalue weighted by Crippen LogP contribution is 2.35. The number of nitrogen functional groups attached to an aromatic ring is 1. The maximum Gasteiger partial charge on any atom is 0.220 e. The number of hydrogen-bond donors (Lipinski definition) is 1. The summed E-state index contributed by atoms with van der Waals surface area (Å²) in [5.74, 6) is 1.58. The average molecular weight is 368 g/mol. The Morgan fingerprint density at radius 3 is 2.67 bits per heavy atom. The number of rotatable bonds is 4. The maximum atomic E-state index is 5.96.